The molecule has 4 aromatic rings. The third-order valence-electron chi connectivity index (χ3n) is 5.93. The van der Waals surface area contributed by atoms with Crippen molar-refractivity contribution in [1.82, 2.24) is 24.7 Å². The first kappa shape index (κ1) is 19.1. The molecule has 0 radical (unpaired) electrons. The van der Waals surface area contributed by atoms with E-state index in [4.69, 9.17) is 0 Å². The van der Waals surface area contributed by atoms with Crippen molar-refractivity contribution in [3.63, 3.8) is 0 Å². The maximum absolute atomic E-state index is 12.9. The summed E-state index contributed by atoms with van der Waals surface area (Å²) in [7, 11) is 0. The minimum Gasteiger partial charge on any atom is -0.322 e. The lowest BCUT2D eigenvalue weighted by molar-refractivity contribution is 0.102. The number of carbonyl (C=O) groups excluding carboxylic acids is 1. The van der Waals surface area contributed by atoms with Crippen molar-refractivity contribution in [2.45, 2.75) is 38.6 Å². The topological polar surface area (TPSA) is 128 Å². The number of carbonyl (C=O) groups is 1. The van der Waals surface area contributed by atoms with Gasteiger partial charge in [0.2, 0.25) is 0 Å². The SMILES string of the molecule is Cc1ccc(-c2n[nH]c(=O)[nH]2)cc1NC(=O)c1ccc2c(c1)[nH]c(=O)n2C1CCCC1. The monoisotopic (exact) mass is 418 g/mol. The molecule has 9 heteroatoms. The number of benzene rings is 2. The Morgan fingerprint density at radius 2 is 1.90 bits per heavy atom. The predicted octanol–water partition coefficient (Wildman–Crippen LogP) is 3.08. The lowest BCUT2D eigenvalue weighted by Gasteiger charge is -2.12. The third-order valence-corrected chi connectivity index (χ3v) is 5.93. The average molecular weight is 418 g/mol. The van der Waals surface area contributed by atoms with Crippen molar-refractivity contribution in [3.05, 3.63) is 68.5 Å². The zero-order valence-electron chi connectivity index (χ0n) is 17.0. The third kappa shape index (κ3) is 3.48. The van der Waals surface area contributed by atoms with E-state index < -0.39 is 5.69 Å². The molecule has 0 aliphatic heterocycles. The van der Waals surface area contributed by atoms with E-state index in [1.807, 2.05) is 29.7 Å². The summed E-state index contributed by atoms with van der Waals surface area (Å²) in [5, 5.41) is 9.18. The molecule has 1 amide bonds. The molecule has 0 bridgehead atoms. The number of fused-ring (bicyclic) bond motifs is 1. The summed E-state index contributed by atoms with van der Waals surface area (Å²) in [4.78, 5) is 42.2. The molecule has 9 nitrogen and oxygen atoms in total. The van der Waals surface area contributed by atoms with Gasteiger partial charge >= 0.3 is 11.4 Å². The van der Waals surface area contributed by atoms with Gasteiger partial charge < -0.3 is 10.3 Å². The van der Waals surface area contributed by atoms with Gasteiger partial charge in [-0.25, -0.2) is 14.7 Å². The van der Waals surface area contributed by atoms with E-state index in [-0.39, 0.29) is 17.6 Å². The smallest absolute Gasteiger partial charge is 0.322 e. The summed E-state index contributed by atoms with van der Waals surface area (Å²) in [6, 6.07) is 10.9. The van der Waals surface area contributed by atoms with Crippen molar-refractivity contribution in [2.24, 2.45) is 0 Å². The molecule has 2 heterocycles. The van der Waals surface area contributed by atoms with Crippen LogP contribution in [0.1, 0.15) is 47.6 Å². The number of aryl methyl sites for hydroxylation is 1. The van der Waals surface area contributed by atoms with Gasteiger partial charge in [0.05, 0.1) is 11.0 Å². The number of hydrogen-bond donors (Lipinski definition) is 4. The Balaban J connectivity index is 1.44. The Morgan fingerprint density at radius 1 is 1.10 bits per heavy atom. The number of imidazole rings is 1. The van der Waals surface area contributed by atoms with Crippen LogP contribution in [0.4, 0.5) is 5.69 Å². The van der Waals surface area contributed by atoms with Crippen LogP contribution < -0.4 is 16.7 Å². The molecule has 31 heavy (non-hydrogen) atoms. The predicted molar refractivity (Wildman–Crippen MR) is 117 cm³/mol. The van der Waals surface area contributed by atoms with Gasteiger partial charge in [-0.15, -0.1) is 0 Å². The van der Waals surface area contributed by atoms with Gasteiger partial charge in [0, 0.05) is 22.9 Å². The first-order valence-corrected chi connectivity index (χ1v) is 10.3. The fourth-order valence-corrected chi connectivity index (χ4v) is 4.30. The highest BCUT2D eigenvalue weighted by atomic mass is 16.2. The van der Waals surface area contributed by atoms with Gasteiger partial charge in [-0.2, -0.15) is 5.10 Å². The number of hydrogen-bond acceptors (Lipinski definition) is 4. The summed E-state index contributed by atoms with van der Waals surface area (Å²) >= 11 is 0. The van der Waals surface area contributed by atoms with E-state index in [2.05, 4.69) is 25.5 Å². The highest BCUT2D eigenvalue weighted by Crippen LogP contribution is 2.31. The van der Waals surface area contributed by atoms with Crippen LogP contribution >= 0.6 is 0 Å². The van der Waals surface area contributed by atoms with Crippen LogP contribution in [0.3, 0.4) is 0 Å². The lowest BCUT2D eigenvalue weighted by Crippen LogP contribution is -2.20. The van der Waals surface area contributed by atoms with Crippen molar-refractivity contribution in [2.75, 3.05) is 5.32 Å². The first-order valence-electron chi connectivity index (χ1n) is 10.3. The number of nitrogens with one attached hydrogen (secondary N) is 4. The Kier molecular flexibility index (Phi) is 4.58. The van der Waals surface area contributed by atoms with Gasteiger partial charge in [0.25, 0.3) is 5.91 Å². The number of H-pyrrole nitrogens is 3. The number of aromatic amines is 3. The second kappa shape index (κ2) is 7.42. The fraction of sp³-hybridized carbons (Fsp3) is 0.273. The van der Waals surface area contributed by atoms with E-state index in [0.717, 1.165) is 36.8 Å². The van der Waals surface area contributed by atoms with Gasteiger partial charge in [-0.3, -0.25) is 14.3 Å². The highest BCUT2D eigenvalue weighted by Gasteiger charge is 2.21. The molecule has 5 rings (SSSR count). The van der Waals surface area contributed by atoms with Crippen LogP contribution in [0.25, 0.3) is 22.4 Å². The quantitative estimate of drug-likeness (QED) is 0.406. The number of aromatic nitrogens is 5. The van der Waals surface area contributed by atoms with E-state index in [9.17, 15) is 14.4 Å². The zero-order valence-corrected chi connectivity index (χ0v) is 17.0. The second-order valence-electron chi connectivity index (χ2n) is 7.98. The number of amides is 1. The zero-order chi connectivity index (χ0) is 21.5. The minimum atomic E-state index is -0.395. The Bertz CT molecular complexity index is 1400. The summed E-state index contributed by atoms with van der Waals surface area (Å²) in [6.07, 6.45) is 4.28. The molecule has 1 fully saturated rings. The van der Waals surface area contributed by atoms with Crippen LogP contribution in [0, 0.1) is 6.92 Å². The Morgan fingerprint density at radius 3 is 2.65 bits per heavy atom. The molecule has 4 N–H and O–H groups in total. The standard InChI is InChI=1S/C22H22N6O3/c1-12-6-7-13(19-25-21(30)27-26-19)10-16(12)23-20(29)14-8-9-18-17(11-14)24-22(31)28(18)15-4-2-3-5-15/h6-11,15H,2-5H2,1H3,(H,23,29)(H,24,31)(H2,25,26,27,30). The van der Waals surface area contributed by atoms with Crippen molar-refractivity contribution in [3.8, 4) is 11.4 Å². The van der Waals surface area contributed by atoms with Crippen molar-refractivity contribution >= 4 is 22.6 Å². The van der Waals surface area contributed by atoms with Crippen LogP contribution in [0.2, 0.25) is 0 Å². The molecular formula is C22H22N6O3. The summed E-state index contributed by atoms with van der Waals surface area (Å²) < 4.78 is 1.82. The molecule has 0 saturated heterocycles. The number of rotatable bonds is 4. The van der Waals surface area contributed by atoms with E-state index >= 15 is 0 Å². The fourth-order valence-electron chi connectivity index (χ4n) is 4.30. The van der Waals surface area contributed by atoms with E-state index in [0.29, 0.717) is 28.2 Å². The molecular weight excluding hydrogens is 396 g/mol. The van der Waals surface area contributed by atoms with E-state index in [1.165, 1.54) is 0 Å². The largest absolute Gasteiger partial charge is 0.340 e. The Hall–Kier alpha value is -3.88. The maximum atomic E-state index is 12.9. The summed E-state index contributed by atoms with van der Waals surface area (Å²) in [5.41, 5.74) is 3.57. The molecule has 2 aromatic heterocycles. The molecule has 1 aliphatic rings. The molecule has 158 valence electrons. The van der Waals surface area contributed by atoms with Gasteiger partial charge in [-0.05, 0) is 49.6 Å². The van der Waals surface area contributed by atoms with Crippen LogP contribution in [0.15, 0.2) is 46.0 Å². The van der Waals surface area contributed by atoms with Gasteiger partial charge in [0.15, 0.2) is 5.82 Å². The lowest BCUT2D eigenvalue weighted by atomic mass is 10.1. The summed E-state index contributed by atoms with van der Waals surface area (Å²) in [5.74, 6) is 0.111. The summed E-state index contributed by atoms with van der Waals surface area (Å²) in [6.45, 7) is 1.88. The van der Waals surface area contributed by atoms with E-state index in [1.54, 1.807) is 18.2 Å². The Labute approximate surface area is 176 Å². The normalized spacial score (nSPS) is 14.4. The molecule has 2 aromatic carbocycles. The minimum absolute atomic E-state index is 0.129. The van der Waals surface area contributed by atoms with Crippen molar-refractivity contribution in [1.29, 1.82) is 0 Å². The van der Waals surface area contributed by atoms with Gasteiger partial charge in [0.1, 0.15) is 0 Å². The van der Waals surface area contributed by atoms with Crippen LogP contribution in [-0.2, 0) is 0 Å². The number of nitrogens with zero attached hydrogens (tertiary/aromatic N) is 2. The first-order chi connectivity index (χ1) is 15.0. The molecule has 1 aliphatic carbocycles. The van der Waals surface area contributed by atoms with Gasteiger partial charge in [-0.1, -0.05) is 25.0 Å². The van der Waals surface area contributed by atoms with Crippen LogP contribution in [0.5, 0.6) is 0 Å². The highest BCUT2D eigenvalue weighted by molar-refractivity contribution is 6.06. The maximum Gasteiger partial charge on any atom is 0.340 e. The molecule has 0 atom stereocenters. The molecule has 0 unspecified atom stereocenters. The average Bonchev–Trinajstić information content (AvgIpc) is 3.48. The molecule has 1 saturated carbocycles. The van der Waals surface area contributed by atoms with Crippen molar-refractivity contribution < 1.29 is 4.79 Å². The van der Waals surface area contributed by atoms with Crippen LogP contribution in [-0.4, -0.2) is 30.6 Å². The second-order valence-corrected chi connectivity index (χ2v) is 7.98. The molecule has 0 spiro atoms. The number of anilines is 1.